The van der Waals surface area contributed by atoms with Gasteiger partial charge in [-0.1, -0.05) is 34.1 Å². The Balaban J connectivity index is 3.87. The maximum absolute atomic E-state index is 5.76. The van der Waals surface area contributed by atoms with Crippen LogP contribution in [0.25, 0.3) is 0 Å². The van der Waals surface area contributed by atoms with E-state index in [-0.39, 0.29) is 5.60 Å². The van der Waals surface area contributed by atoms with Gasteiger partial charge < -0.3 is 4.74 Å². The van der Waals surface area contributed by atoms with Crippen LogP contribution in [0.5, 0.6) is 0 Å². The van der Waals surface area contributed by atoms with Crippen LogP contribution in [-0.4, -0.2) is 12.2 Å². The van der Waals surface area contributed by atoms with Gasteiger partial charge in [0.25, 0.3) is 0 Å². The van der Waals surface area contributed by atoms with Gasteiger partial charge in [-0.3, -0.25) is 0 Å². The van der Waals surface area contributed by atoms with E-state index in [1.165, 1.54) is 12.8 Å². The molecule has 0 N–H and O–H groups in total. The summed E-state index contributed by atoms with van der Waals surface area (Å²) < 4.78 is 5.76. The molecule has 0 spiro atoms. The zero-order valence-corrected chi connectivity index (χ0v) is 11.1. The molecule has 1 nitrogen and oxygen atoms in total. The van der Waals surface area contributed by atoms with Crippen molar-refractivity contribution in [2.75, 3.05) is 6.61 Å². The Kier molecular flexibility index (Phi) is 5.14. The third kappa shape index (κ3) is 6.42. The number of rotatable bonds is 4. The molecule has 0 aromatic carbocycles. The molecule has 0 saturated heterocycles. The second-order valence-corrected chi connectivity index (χ2v) is 6.22. The summed E-state index contributed by atoms with van der Waals surface area (Å²) in [6, 6.07) is 0. The van der Waals surface area contributed by atoms with E-state index in [0.29, 0.717) is 5.41 Å². The molecule has 0 heterocycles. The van der Waals surface area contributed by atoms with Crippen LogP contribution < -0.4 is 0 Å². The van der Waals surface area contributed by atoms with Gasteiger partial charge in [0.15, 0.2) is 0 Å². The fourth-order valence-corrected chi connectivity index (χ4v) is 1.76. The topological polar surface area (TPSA) is 9.23 Å². The van der Waals surface area contributed by atoms with Crippen molar-refractivity contribution < 1.29 is 4.74 Å². The number of ether oxygens (including phenoxy) is 1. The Bertz CT molecular complexity index is 148. The van der Waals surface area contributed by atoms with Crippen LogP contribution in [-0.2, 0) is 4.74 Å². The molecule has 86 valence electrons. The Morgan fingerprint density at radius 3 is 1.79 bits per heavy atom. The van der Waals surface area contributed by atoms with Crippen molar-refractivity contribution in [2.24, 2.45) is 11.3 Å². The van der Waals surface area contributed by atoms with E-state index in [0.717, 1.165) is 12.5 Å². The lowest BCUT2D eigenvalue weighted by molar-refractivity contribution is -0.0159. The quantitative estimate of drug-likeness (QED) is 0.658. The predicted molar refractivity (Wildman–Crippen MR) is 63.6 cm³/mol. The second kappa shape index (κ2) is 5.16. The number of hydrogen-bond acceptors (Lipinski definition) is 1. The summed E-state index contributed by atoms with van der Waals surface area (Å²) >= 11 is 0. The van der Waals surface area contributed by atoms with Crippen LogP contribution in [0.15, 0.2) is 0 Å². The second-order valence-electron chi connectivity index (χ2n) is 6.22. The molecule has 0 aliphatic carbocycles. The molecule has 0 rings (SSSR count). The first-order chi connectivity index (χ1) is 6.17. The Morgan fingerprint density at radius 1 is 1.00 bits per heavy atom. The van der Waals surface area contributed by atoms with Gasteiger partial charge in [-0.05, 0) is 38.5 Å². The highest BCUT2D eigenvalue weighted by Crippen LogP contribution is 2.31. The van der Waals surface area contributed by atoms with E-state index in [1.54, 1.807) is 0 Å². The lowest BCUT2D eigenvalue weighted by Gasteiger charge is -2.31. The van der Waals surface area contributed by atoms with E-state index >= 15 is 0 Å². The monoisotopic (exact) mass is 200 g/mol. The Hall–Kier alpha value is -0.0400. The molecule has 0 aliphatic heterocycles. The molecule has 14 heavy (non-hydrogen) atoms. The van der Waals surface area contributed by atoms with Crippen molar-refractivity contribution in [2.45, 2.75) is 66.9 Å². The molecule has 0 amide bonds. The van der Waals surface area contributed by atoms with Crippen LogP contribution in [0.1, 0.15) is 61.3 Å². The Labute approximate surface area is 90.2 Å². The molecular weight excluding hydrogens is 172 g/mol. The van der Waals surface area contributed by atoms with Crippen molar-refractivity contribution in [1.29, 1.82) is 0 Å². The minimum Gasteiger partial charge on any atom is -0.376 e. The molecule has 0 aliphatic rings. The van der Waals surface area contributed by atoms with Gasteiger partial charge in [0.1, 0.15) is 0 Å². The summed E-state index contributed by atoms with van der Waals surface area (Å²) in [6.45, 7) is 16.5. The van der Waals surface area contributed by atoms with Gasteiger partial charge in [-0.25, -0.2) is 0 Å². The van der Waals surface area contributed by atoms with Crippen molar-refractivity contribution in [3.63, 3.8) is 0 Å². The van der Waals surface area contributed by atoms with E-state index in [9.17, 15) is 0 Å². The maximum atomic E-state index is 5.76. The molecule has 0 aromatic rings. The third-order valence-electron chi connectivity index (χ3n) is 2.72. The summed E-state index contributed by atoms with van der Waals surface area (Å²) in [6.07, 6.45) is 2.42. The first-order valence-electron chi connectivity index (χ1n) is 5.81. The molecule has 0 radical (unpaired) electrons. The molecule has 1 heteroatoms. The fraction of sp³-hybridized carbons (Fsp3) is 1.00. The SMILES string of the molecule is CCC(CCOC(C)(C)C)C(C)(C)C. The molecule has 0 fully saturated rings. The van der Waals surface area contributed by atoms with Crippen LogP contribution in [0, 0.1) is 11.3 Å². The van der Waals surface area contributed by atoms with Gasteiger partial charge in [0.05, 0.1) is 5.60 Å². The van der Waals surface area contributed by atoms with Gasteiger partial charge in [0.2, 0.25) is 0 Å². The molecule has 0 saturated carbocycles. The molecule has 1 unspecified atom stereocenters. The fourth-order valence-electron chi connectivity index (χ4n) is 1.76. The zero-order chi connectivity index (χ0) is 11.4. The minimum atomic E-state index is 0.0101. The molecule has 0 bridgehead atoms. The summed E-state index contributed by atoms with van der Waals surface area (Å²) in [5, 5.41) is 0. The summed E-state index contributed by atoms with van der Waals surface area (Å²) in [4.78, 5) is 0. The highest BCUT2D eigenvalue weighted by molar-refractivity contribution is 4.73. The van der Waals surface area contributed by atoms with Crippen LogP contribution in [0.3, 0.4) is 0 Å². The van der Waals surface area contributed by atoms with E-state index in [4.69, 9.17) is 4.74 Å². The number of hydrogen-bond donors (Lipinski definition) is 0. The molecular formula is C13H28O. The van der Waals surface area contributed by atoms with Gasteiger partial charge in [0, 0.05) is 6.61 Å². The van der Waals surface area contributed by atoms with E-state index in [1.807, 2.05) is 0 Å². The van der Waals surface area contributed by atoms with Gasteiger partial charge in [-0.15, -0.1) is 0 Å². The van der Waals surface area contributed by atoms with E-state index < -0.39 is 0 Å². The van der Waals surface area contributed by atoms with Gasteiger partial charge in [-0.2, -0.15) is 0 Å². The van der Waals surface area contributed by atoms with Gasteiger partial charge >= 0.3 is 0 Å². The molecule has 0 aromatic heterocycles. The van der Waals surface area contributed by atoms with E-state index in [2.05, 4.69) is 48.5 Å². The van der Waals surface area contributed by atoms with Crippen LogP contribution in [0.4, 0.5) is 0 Å². The lowest BCUT2D eigenvalue weighted by Crippen LogP contribution is -2.25. The smallest absolute Gasteiger partial charge is 0.0598 e. The lowest BCUT2D eigenvalue weighted by atomic mass is 9.77. The minimum absolute atomic E-state index is 0.0101. The highest BCUT2D eigenvalue weighted by atomic mass is 16.5. The normalized spacial score (nSPS) is 15.6. The average molecular weight is 200 g/mol. The largest absolute Gasteiger partial charge is 0.376 e. The van der Waals surface area contributed by atoms with Crippen molar-refractivity contribution in [1.82, 2.24) is 0 Å². The van der Waals surface area contributed by atoms with Crippen molar-refractivity contribution >= 4 is 0 Å². The summed E-state index contributed by atoms with van der Waals surface area (Å²) in [5.41, 5.74) is 0.423. The standard InChI is InChI=1S/C13H28O/c1-8-11(12(2,3)4)9-10-14-13(5,6)7/h11H,8-10H2,1-7H3. The third-order valence-corrected chi connectivity index (χ3v) is 2.72. The van der Waals surface area contributed by atoms with Crippen molar-refractivity contribution in [3.8, 4) is 0 Å². The Morgan fingerprint density at radius 2 is 1.50 bits per heavy atom. The first kappa shape index (κ1) is 14.0. The average Bonchev–Trinajstić information content (AvgIpc) is 1.93. The van der Waals surface area contributed by atoms with Crippen LogP contribution >= 0.6 is 0 Å². The van der Waals surface area contributed by atoms with Crippen molar-refractivity contribution in [3.05, 3.63) is 0 Å². The summed E-state index contributed by atoms with van der Waals surface area (Å²) in [7, 11) is 0. The molecule has 1 atom stereocenters. The first-order valence-corrected chi connectivity index (χ1v) is 5.81. The summed E-state index contributed by atoms with van der Waals surface area (Å²) in [5.74, 6) is 0.768. The zero-order valence-electron chi connectivity index (χ0n) is 11.1. The predicted octanol–water partition coefficient (Wildman–Crippen LogP) is 4.26. The maximum Gasteiger partial charge on any atom is 0.0598 e. The highest BCUT2D eigenvalue weighted by Gasteiger charge is 2.23. The van der Waals surface area contributed by atoms with Crippen LogP contribution in [0.2, 0.25) is 0 Å².